The number of fused-ring (bicyclic) bond motifs is 2. The summed E-state index contributed by atoms with van der Waals surface area (Å²) in [6.07, 6.45) is 3.78. The quantitative estimate of drug-likeness (QED) is 0.0481. The number of nitrogens with zero attached hydrogens (tertiary/aromatic N) is 8. The minimum atomic E-state index is -0.893. The van der Waals surface area contributed by atoms with Crippen LogP contribution in [0.1, 0.15) is 73.1 Å². The zero-order chi connectivity index (χ0) is 54.0. The largest absolute Gasteiger partial charge is 0.481 e. The summed E-state index contributed by atoms with van der Waals surface area (Å²) >= 11 is 0. The van der Waals surface area contributed by atoms with Crippen LogP contribution in [0.3, 0.4) is 0 Å². The number of carbonyl (C=O) groups excluding carboxylic acids is 1. The maximum Gasteiger partial charge on any atom is 0.305 e. The van der Waals surface area contributed by atoms with Gasteiger partial charge in [-0.3, -0.25) is 28.3 Å². The summed E-state index contributed by atoms with van der Waals surface area (Å²) in [5, 5.41) is 17.8. The van der Waals surface area contributed by atoms with Crippen LogP contribution in [-0.4, -0.2) is 63.5 Å². The van der Waals surface area contributed by atoms with Gasteiger partial charge in [0.2, 0.25) is 23.4 Å². The number of aryl methyl sites for hydroxylation is 2. The Hall–Kier alpha value is -9.46. The average molecular weight is 1050 g/mol. The minimum Gasteiger partial charge on any atom is -0.481 e. The van der Waals surface area contributed by atoms with Crippen LogP contribution in [-0.2, 0) is 40.0 Å². The molecule has 0 atom stereocenters. The number of carboxylic acid groups (broad SMARTS) is 1. The van der Waals surface area contributed by atoms with Crippen LogP contribution in [0.5, 0.6) is 0 Å². The van der Waals surface area contributed by atoms with Crippen molar-refractivity contribution in [2.75, 3.05) is 7.11 Å². The number of ether oxygens (including phenoxy) is 1. The number of hydrogen-bond donors (Lipinski definition) is 1. The molecule has 77 heavy (non-hydrogen) atoms. The number of carbonyl (C=O) groups is 2. The molecule has 0 spiro atoms. The van der Waals surface area contributed by atoms with Crippen molar-refractivity contribution in [1.82, 2.24) is 39.4 Å². The lowest BCUT2D eigenvalue weighted by Gasteiger charge is -2.14. The van der Waals surface area contributed by atoms with Crippen molar-refractivity contribution in [2.45, 2.75) is 64.2 Å². The molecule has 4 heterocycles. The maximum atomic E-state index is 13.6. The molecule has 20 heteroatoms. The number of aliphatic carboxylic acids is 1. The van der Waals surface area contributed by atoms with Crippen LogP contribution >= 0.6 is 0 Å². The van der Waals surface area contributed by atoms with E-state index in [9.17, 15) is 36.7 Å². The molecule has 1 N–H and O–H groups in total. The van der Waals surface area contributed by atoms with Crippen molar-refractivity contribution in [3.8, 4) is 34.2 Å². The van der Waals surface area contributed by atoms with E-state index in [1.54, 1.807) is 60.7 Å². The van der Waals surface area contributed by atoms with E-state index in [4.69, 9.17) is 28.9 Å². The first-order valence-corrected chi connectivity index (χ1v) is 24.3. The molecule has 0 unspecified atom stereocenters. The second-order valence-corrected chi connectivity index (χ2v) is 17.8. The van der Waals surface area contributed by atoms with Crippen molar-refractivity contribution in [2.24, 2.45) is 0 Å². The Morgan fingerprint density at radius 2 is 0.909 bits per heavy atom. The molecule has 0 saturated carbocycles. The second kappa shape index (κ2) is 23.8. The standard InChI is InChI=1S/C29H24F2N4O4.C28H22F2N4O4/c1-38-27(36)5-3-2-4-25-32-24-17-19(28-33-26(39-34-28)16-18-6-9-20(30)10-7-18)8-15-23(24)29(37)35(25)22-13-11-21(31)12-14-22;29-19-8-5-17(6-9-19)15-25-32-27(33-38-25)18-7-14-22-23(16-18)31-24(3-1-2-4-26(35)36)34(28(22)37)21-12-10-20(30)11-13-21/h6-15,17H,2-5,16H2,1H3;5-14,16H,1-4,15H2,(H,35,36). The highest BCUT2D eigenvalue weighted by Crippen LogP contribution is 2.25. The molecule has 16 nitrogen and oxygen atoms in total. The number of benzene rings is 6. The number of rotatable bonds is 18. The first-order valence-electron chi connectivity index (χ1n) is 24.3. The normalized spacial score (nSPS) is 11.2. The van der Waals surface area contributed by atoms with Gasteiger partial charge < -0.3 is 18.9 Å². The highest BCUT2D eigenvalue weighted by Gasteiger charge is 2.19. The van der Waals surface area contributed by atoms with Gasteiger partial charge in [0.1, 0.15) is 34.9 Å². The predicted octanol–water partition coefficient (Wildman–Crippen LogP) is 10.3. The monoisotopic (exact) mass is 1050 g/mol. The second-order valence-electron chi connectivity index (χ2n) is 17.8. The van der Waals surface area contributed by atoms with Crippen LogP contribution in [0.25, 0.3) is 56.0 Å². The summed E-state index contributed by atoms with van der Waals surface area (Å²) in [5.41, 5.74) is 4.04. The Bertz CT molecular complexity index is 3840. The number of halogens is 4. The molecule has 390 valence electrons. The summed E-state index contributed by atoms with van der Waals surface area (Å²) < 4.78 is 71.8. The number of carboxylic acids is 1. The first kappa shape index (κ1) is 52.4. The van der Waals surface area contributed by atoms with Crippen molar-refractivity contribution in [1.29, 1.82) is 0 Å². The molecular formula is C57H46F4N8O8. The molecule has 0 saturated heterocycles. The average Bonchev–Trinajstić information content (AvgIpc) is 4.14. The molecule has 10 rings (SSSR count). The number of unbranched alkanes of at least 4 members (excludes halogenated alkanes) is 2. The van der Waals surface area contributed by atoms with Gasteiger partial charge in [0.15, 0.2) is 0 Å². The summed E-state index contributed by atoms with van der Waals surface area (Å²) in [6.45, 7) is 0. The lowest BCUT2D eigenvalue weighted by Crippen LogP contribution is -2.24. The van der Waals surface area contributed by atoms with Crippen LogP contribution in [0.15, 0.2) is 152 Å². The third-order valence-corrected chi connectivity index (χ3v) is 12.3. The van der Waals surface area contributed by atoms with Gasteiger partial charge in [-0.1, -0.05) is 46.7 Å². The van der Waals surface area contributed by atoms with Crippen LogP contribution in [0.2, 0.25) is 0 Å². The van der Waals surface area contributed by atoms with Crippen LogP contribution in [0, 0.1) is 23.3 Å². The highest BCUT2D eigenvalue weighted by molar-refractivity contribution is 5.84. The number of hydrogen-bond acceptors (Lipinski definition) is 13. The Kier molecular flexibility index (Phi) is 16.2. The Labute approximate surface area is 435 Å². The Morgan fingerprint density at radius 3 is 1.30 bits per heavy atom. The third kappa shape index (κ3) is 12.9. The van der Waals surface area contributed by atoms with Crippen molar-refractivity contribution >= 4 is 33.7 Å². The van der Waals surface area contributed by atoms with Gasteiger partial charge in [0, 0.05) is 36.8 Å². The van der Waals surface area contributed by atoms with E-state index in [1.807, 2.05) is 0 Å². The fraction of sp³-hybridized carbons (Fsp3) is 0.193. The van der Waals surface area contributed by atoms with Gasteiger partial charge in [-0.25, -0.2) is 27.5 Å². The van der Waals surface area contributed by atoms with Gasteiger partial charge in [-0.05, 0) is 134 Å². The van der Waals surface area contributed by atoms with E-state index in [2.05, 4.69) is 20.3 Å². The van der Waals surface area contributed by atoms with Crippen LogP contribution < -0.4 is 11.1 Å². The Morgan fingerprint density at radius 1 is 0.519 bits per heavy atom. The topological polar surface area (TPSA) is 211 Å². The van der Waals surface area contributed by atoms with E-state index < -0.39 is 17.6 Å². The molecule has 0 aliphatic rings. The summed E-state index contributed by atoms with van der Waals surface area (Å²) in [4.78, 5) is 67.9. The molecule has 0 radical (unpaired) electrons. The minimum absolute atomic E-state index is 0.0105. The van der Waals surface area contributed by atoms with Crippen molar-refractivity contribution in [3.63, 3.8) is 0 Å². The van der Waals surface area contributed by atoms with Gasteiger partial charge in [-0.2, -0.15) is 9.97 Å². The Balaban J connectivity index is 0.000000188. The zero-order valence-electron chi connectivity index (χ0n) is 41.2. The highest BCUT2D eigenvalue weighted by atomic mass is 19.1. The number of esters is 1. The smallest absolute Gasteiger partial charge is 0.305 e. The first-order chi connectivity index (χ1) is 37.3. The SMILES string of the molecule is COC(=O)CCCCc1nc2cc(-c3noc(Cc4ccc(F)cc4)n3)ccc2c(=O)n1-c1ccc(F)cc1.O=C(O)CCCCc1nc2cc(-c3noc(Cc4ccc(F)cc4)n3)ccc2c(=O)n1-c1ccc(F)cc1. The molecule has 0 fully saturated rings. The molecule has 0 bridgehead atoms. The van der Waals surface area contributed by atoms with Gasteiger partial charge in [-0.15, -0.1) is 0 Å². The van der Waals surface area contributed by atoms with Crippen molar-refractivity contribution < 1.29 is 46.0 Å². The molecular weight excluding hydrogens is 1000 g/mol. The molecule has 0 aliphatic heterocycles. The third-order valence-electron chi connectivity index (χ3n) is 12.3. The van der Waals surface area contributed by atoms with E-state index in [0.29, 0.717) is 131 Å². The number of aromatic nitrogens is 8. The lowest BCUT2D eigenvalue weighted by molar-refractivity contribution is -0.141. The molecule has 4 aromatic heterocycles. The molecule has 10 aromatic rings. The van der Waals surface area contributed by atoms with E-state index in [1.165, 1.54) is 89.0 Å². The van der Waals surface area contributed by atoms with E-state index in [0.717, 1.165) is 11.1 Å². The lowest BCUT2D eigenvalue weighted by atomic mass is 10.1. The summed E-state index contributed by atoms with van der Waals surface area (Å²) in [6, 6.07) is 33.3. The molecule has 6 aromatic carbocycles. The fourth-order valence-corrected chi connectivity index (χ4v) is 8.45. The van der Waals surface area contributed by atoms with E-state index >= 15 is 0 Å². The zero-order valence-corrected chi connectivity index (χ0v) is 41.2. The number of methoxy groups -OCH3 is 1. The summed E-state index contributed by atoms with van der Waals surface area (Å²) in [7, 11) is 1.34. The van der Waals surface area contributed by atoms with Gasteiger partial charge >= 0.3 is 11.9 Å². The van der Waals surface area contributed by atoms with Gasteiger partial charge in [0.05, 0.1) is 53.1 Å². The molecule has 0 amide bonds. The molecule has 0 aliphatic carbocycles. The summed E-state index contributed by atoms with van der Waals surface area (Å²) in [5.74, 6) is -0.420. The van der Waals surface area contributed by atoms with Crippen LogP contribution in [0.4, 0.5) is 17.6 Å². The predicted molar refractivity (Wildman–Crippen MR) is 274 cm³/mol. The van der Waals surface area contributed by atoms with Crippen molar-refractivity contribution in [3.05, 3.63) is 212 Å². The fourth-order valence-electron chi connectivity index (χ4n) is 8.45. The maximum absolute atomic E-state index is 13.6. The van der Waals surface area contributed by atoms with E-state index in [-0.39, 0.29) is 41.6 Å². The van der Waals surface area contributed by atoms with Gasteiger partial charge in [0.25, 0.3) is 11.1 Å².